The highest BCUT2D eigenvalue weighted by atomic mass is 79.9. The zero-order valence-corrected chi connectivity index (χ0v) is 8.53. The van der Waals surface area contributed by atoms with Gasteiger partial charge in [0.05, 0.1) is 0 Å². The summed E-state index contributed by atoms with van der Waals surface area (Å²) in [6.07, 6.45) is 7.23. The van der Waals surface area contributed by atoms with E-state index in [1.807, 2.05) is 0 Å². The molecule has 0 aliphatic heterocycles. The highest BCUT2D eigenvalue weighted by molar-refractivity contribution is 9.09. The highest BCUT2D eigenvalue weighted by Gasteiger charge is 2.18. The predicted molar refractivity (Wildman–Crippen MR) is 50.2 cm³/mol. The maximum absolute atomic E-state index is 5.23. The second-order valence-electron chi connectivity index (χ2n) is 3.53. The molecular weight excluding hydrogens is 188 g/mol. The van der Waals surface area contributed by atoms with Crippen molar-refractivity contribution in [3.05, 3.63) is 0 Å². The van der Waals surface area contributed by atoms with Crippen LogP contribution >= 0.6 is 15.9 Å². The first kappa shape index (κ1) is 10.0. The zero-order chi connectivity index (χ0) is 8.20. The molecule has 58 valence electrons. The van der Waals surface area contributed by atoms with Crippen LogP contribution in [0, 0.1) is 17.8 Å². The average Bonchev–Trinajstić information content (AvgIpc) is 1.59. The Kier molecular flexibility index (Phi) is 4.05. The molecule has 0 saturated carbocycles. The van der Waals surface area contributed by atoms with Gasteiger partial charge in [-0.1, -0.05) is 36.7 Å². The quantitative estimate of drug-likeness (QED) is 0.488. The van der Waals surface area contributed by atoms with Crippen molar-refractivity contribution in [1.29, 1.82) is 0 Å². The van der Waals surface area contributed by atoms with Crippen LogP contribution in [-0.2, 0) is 0 Å². The number of halogens is 1. The summed E-state index contributed by atoms with van der Waals surface area (Å²) in [5.41, 5.74) is 0.289. The smallest absolute Gasteiger partial charge is 0.0138 e. The van der Waals surface area contributed by atoms with E-state index in [-0.39, 0.29) is 5.41 Å². The minimum absolute atomic E-state index is 0.289. The third-order valence-electron chi connectivity index (χ3n) is 1.41. The Labute approximate surface area is 72.5 Å². The van der Waals surface area contributed by atoms with Gasteiger partial charge in [-0.25, -0.2) is 0 Å². The second kappa shape index (κ2) is 4.03. The van der Waals surface area contributed by atoms with Gasteiger partial charge >= 0.3 is 0 Å². The number of hydrogen-bond donors (Lipinski definition) is 0. The van der Waals surface area contributed by atoms with E-state index < -0.39 is 0 Å². The molecule has 0 bridgehead atoms. The van der Waals surface area contributed by atoms with Crippen LogP contribution in [0.4, 0.5) is 0 Å². The van der Waals surface area contributed by atoms with E-state index in [2.05, 4.69) is 42.6 Å². The molecule has 0 aromatic carbocycles. The summed E-state index contributed by atoms with van der Waals surface area (Å²) in [5.74, 6) is 2.69. The number of rotatable bonds is 3. The third-order valence-corrected chi connectivity index (χ3v) is 1.74. The Morgan fingerprint density at radius 2 is 2.10 bits per heavy atom. The molecule has 0 rings (SSSR count). The molecule has 0 aromatic heterocycles. The monoisotopic (exact) mass is 202 g/mol. The van der Waals surface area contributed by atoms with Crippen LogP contribution in [-0.4, -0.2) is 4.83 Å². The first-order chi connectivity index (χ1) is 4.48. The standard InChI is InChI=1S/C9H15Br/c1-5-6-9(3,4)7-8(2)10/h1,8H,6-7H2,2-4H3. The van der Waals surface area contributed by atoms with Gasteiger partial charge in [-0.05, 0) is 11.8 Å². The van der Waals surface area contributed by atoms with Gasteiger partial charge in [-0.2, -0.15) is 0 Å². The van der Waals surface area contributed by atoms with E-state index >= 15 is 0 Å². The topological polar surface area (TPSA) is 0 Å². The molecule has 0 heterocycles. The molecule has 0 amide bonds. The molecule has 0 fully saturated rings. The Morgan fingerprint density at radius 3 is 2.40 bits per heavy atom. The largest absolute Gasteiger partial charge is 0.120 e. The summed E-state index contributed by atoms with van der Waals surface area (Å²) < 4.78 is 0. The maximum atomic E-state index is 5.23. The summed E-state index contributed by atoms with van der Waals surface area (Å²) in [5, 5.41) is 0. The Hall–Kier alpha value is 0.0400. The molecule has 10 heavy (non-hydrogen) atoms. The van der Waals surface area contributed by atoms with Crippen molar-refractivity contribution in [3.8, 4) is 12.3 Å². The van der Waals surface area contributed by atoms with Gasteiger partial charge < -0.3 is 0 Å². The molecule has 0 saturated heterocycles. The number of terminal acetylenes is 1. The van der Waals surface area contributed by atoms with Crippen molar-refractivity contribution < 1.29 is 0 Å². The molecular formula is C9H15Br. The van der Waals surface area contributed by atoms with E-state index in [1.165, 1.54) is 0 Å². The van der Waals surface area contributed by atoms with Crippen LogP contribution in [0.25, 0.3) is 0 Å². The Balaban J connectivity index is 3.77. The summed E-state index contributed by atoms with van der Waals surface area (Å²) in [6.45, 7) is 6.55. The van der Waals surface area contributed by atoms with Crippen LogP contribution in [0.15, 0.2) is 0 Å². The van der Waals surface area contributed by atoms with Gasteiger partial charge in [-0.15, -0.1) is 12.3 Å². The lowest BCUT2D eigenvalue weighted by molar-refractivity contribution is 0.348. The van der Waals surface area contributed by atoms with Gasteiger partial charge in [0.2, 0.25) is 0 Å². The lowest BCUT2D eigenvalue weighted by Gasteiger charge is -2.22. The minimum atomic E-state index is 0.289. The van der Waals surface area contributed by atoms with Gasteiger partial charge in [0.15, 0.2) is 0 Å². The second-order valence-corrected chi connectivity index (χ2v) is 5.09. The van der Waals surface area contributed by atoms with Crippen molar-refractivity contribution in [2.75, 3.05) is 0 Å². The van der Waals surface area contributed by atoms with E-state index in [0.29, 0.717) is 4.83 Å². The van der Waals surface area contributed by atoms with Crippen LogP contribution in [0.3, 0.4) is 0 Å². The van der Waals surface area contributed by atoms with Crippen LogP contribution < -0.4 is 0 Å². The lowest BCUT2D eigenvalue weighted by Crippen LogP contribution is -2.14. The highest BCUT2D eigenvalue weighted by Crippen LogP contribution is 2.28. The maximum Gasteiger partial charge on any atom is 0.0138 e. The Bertz CT molecular complexity index is 128. The molecule has 0 radical (unpaired) electrons. The van der Waals surface area contributed by atoms with E-state index in [0.717, 1.165) is 12.8 Å². The van der Waals surface area contributed by atoms with E-state index in [1.54, 1.807) is 0 Å². The summed E-state index contributed by atoms with van der Waals surface area (Å²) in [6, 6.07) is 0. The molecule has 1 unspecified atom stereocenters. The molecule has 1 atom stereocenters. The number of hydrogen-bond acceptors (Lipinski definition) is 0. The molecule has 0 N–H and O–H groups in total. The van der Waals surface area contributed by atoms with Crippen LogP contribution in [0.5, 0.6) is 0 Å². The molecule has 0 aliphatic carbocycles. The summed E-state index contributed by atoms with van der Waals surface area (Å²) >= 11 is 3.51. The molecule has 0 nitrogen and oxygen atoms in total. The normalized spacial score (nSPS) is 14.3. The zero-order valence-electron chi connectivity index (χ0n) is 6.95. The SMILES string of the molecule is C#CCC(C)(C)CC(C)Br. The first-order valence-corrected chi connectivity index (χ1v) is 4.47. The van der Waals surface area contributed by atoms with Crippen molar-refractivity contribution >= 4 is 15.9 Å². The van der Waals surface area contributed by atoms with Crippen LogP contribution in [0.1, 0.15) is 33.6 Å². The fourth-order valence-electron chi connectivity index (χ4n) is 1.11. The van der Waals surface area contributed by atoms with E-state index in [9.17, 15) is 0 Å². The van der Waals surface area contributed by atoms with Crippen molar-refractivity contribution in [1.82, 2.24) is 0 Å². The van der Waals surface area contributed by atoms with Gasteiger partial charge in [0, 0.05) is 11.2 Å². The fourth-order valence-corrected chi connectivity index (χ4v) is 1.99. The van der Waals surface area contributed by atoms with Crippen molar-refractivity contribution in [2.24, 2.45) is 5.41 Å². The Morgan fingerprint density at radius 1 is 1.60 bits per heavy atom. The van der Waals surface area contributed by atoms with Gasteiger partial charge in [0.1, 0.15) is 0 Å². The van der Waals surface area contributed by atoms with Crippen molar-refractivity contribution in [2.45, 2.75) is 38.4 Å². The average molecular weight is 203 g/mol. The molecule has 1 heteroatoms. The summed E-state index contributed by atoms with van der Waals surface area (Å²) in [4.78, 5) is 0.566. The third kappa shape index (κ3) is 4.88. The van der Waals surface area contributed by atoms with Gasteiger partial charge in [0.25, 0.3) is 0 Å². The van der Waals surface area contributed by atoms with E-state index in [4.69, 9.17) is 6.42 Å². The molecule has 0 aromatic rings. The molecule has 0 spiro atoms. The lowest BCUT2D eigenvalue weighted by atomic mass is 9.85. The first-order valence-electron chi connectivity index (χ1n) is 3.55. The van der Waals surface area contributed by atoms with Crippen LogP contribution in [0.2, 0.25) is 0 Å². The van der Waals surface area contributed by atoms with Crippen molar-refractivity contribution in [3.63, 3.8) is 0 Å². The minimum Gasteiger partial charge on any atom is -0.120 e. The predicted octanol–water partition coefficient (Wildman–Crippen LogP) is 3.21. The summed E-state index contributed by atoms with van der Waals surface area (Å²) in [7, 11) is 0. The fraction of sp³-hybridized carbons (Fsp3) is 0.778. The molecule has 0 aliphatic rings. The van der Waals surface area contributed by atoms with Gasteiger partial charge in [-0.3, -0.25) is 0 Å². The number of alkyl halides is 1.